The Kier molecular flexibility index (Phi) is 1.68. The molecule has 1 aromatic rings. The molecule has 0 atom stereocenters. The molecule has 1 aromatic carbocycles. The molecule has 2 nitrogen and oxygen atoms in total. The monoisotopic (exact) mass is 226 g/mol. The lowest BCUT2D eigenvalue weighted by atomic mass is 10.1. The highest BCUT2D eigenvalue weighted by Crippen LogP contribution is 2.31. The molecular weight excluding hydrogens is 220 g/mol. The van der Waals surface area contributed by atoms with Gasteiger partial charge in [-0.15, -0.1) is 0 Å². The average Bonchev–Trinajstić information content (AvgIpc) is 2.31. The number of benzene rings is 1. The summed E-state index contributed by atoms with van der Waals surface area (Å²) in [6.07, 6.45) is 0. The second kappa shape index (κ2) is 2.59. The first-order valence-electron chi connectivity index (χ1n) is 3.64. The third-order valence-corrected chi connectivity index (χ3v) is 2.36. The van der Waals surface area contributed by atoms with E-state index in [9.17, 15) is 4.79 Å². The van der Waals surface area contributed by atoms with Crippen LogP contribution in [0.4, 0.5) is 0 Å². The number of Topliss-reactive ketones (excluding diaryl/α,β-unsaturated/α-hetero) is 1. The number of fused-ring (bicyclic) bond motifs is 1. The molecule has 0 aromatic heterocycles. The number of rotatable bonds is 0. The minimum absolute atomic E-state index is 0.0787. The summed E-state index contributed by atoms with van der Waals surface area (Å²) in [5.41, 5.74) is 1.71. The Morgan fingerprint density at radius 3 is 3.00 bits per heavy atom. The van der Waals surface area contributed by atoms with Gasteiger partial charge < -0.3 is 4.74 Å². The van der Waals surface area contributed by atoms with Crippen molar-refractivity contribution in [3.05, 3.63) is 27.7 Å². The zero-order chi connectivity index (χ0) is 8.72. The number of ketones is 1. The van der Waals surface area contributed by atoms with Crippen molar-refractivity contribution in [2.45, 2.75) is 6.92 Å². The molecule has 0 unspecified atom stereocenters. The molecule has 12 heavy (non-hydrogen) atoms. The smallest absolute Gasteiger partial charge is 0.204 e. The first-order chi connectivity index (χ1) is 5.68. The maximum absolute atomic E-state index is 11.3. The lowest BCUT2D eigenvalue weighted by Crippen LogP contribution is -2.00. The number of ether oxygens (including phenoxy) is 1. The molecule has 0 fully saturated rings. The van der Waals surface area contributed by atoms with Gasteiger partial charge in [0, 0.05) is 4.47 Å². The van der Waals surface area contributed by atoms with Crippen LogP contribution in [0, 0.1) is 6.92 Å². The van der Waals surface area contributed by atoms with Crippen molar-refractivity contribution >= 4 is 21.7 Å². The standard InChI is InChI=1S/C9H7BrO2/c1-5-2-6(10)3-8-9(5)7(11)4-12-8/h2-3H,4H2,1H3. The summed E-state index contributed by atoms with van der Waals surface area (Å²) in [4.78, 5) is 11.3. The van der Waals surface area contributed by atoms with Crippen molar-refractivity contribution < 1.29 is 9.53 Å². The van der Waals surface area contributed by atoms with Crippen LogP contribution < -0.4 is 4.74 Å². The van der Waals surface area contributed by atoms with Gasteiger partial charge in [-0.05, 0) is 24.6 Å². The van der Waals surface area contributed by atoms with Crippen molar-refractivity contribution in [2.24, 2.45) is 0 Å². The highest BCUT2D eigenvalue weighted by Gasteiger charge is 2.23. The normalized spacial score (nSPS) is 14.3. The molecule has 0 bridgehead atoms. The van der Waals surface area contributed by atoms with E-state index in [1.165, 1.54) is 0 Å². The molecule has 0 radical (unpaired) electrons. The summed E-state index contributed by atoms with van der Waals surface area (Å²) in [6.45, 7) is 2.10. The van der Waals surface area contributed by atoms with Crippen LogP contribution in [0.1, 0.15) is 15.9 Å². The highest BCUT2D eigenvalue weighted by atomic mass is 79.9. The number of hydrogen-bond acceptors (Lipinski definition) is 2. The minimum atomic E-state index is 0.0787. The van der Waals surface area contributed by atoms with Gasteiger partial charge in [-0.3, -0.25) is 4.79 Å². The summed E-state index contributed by atoms with van der Waals surface area (Å²) in [5.74, 6) is 0.780. The molecule has 2 rings (SSSR count). The van der Waals surface area contributed by atoms with Gasteiger partial charge in [0.05, 0.1) is 5.56 Å². The molecule has 0 amide bonds. The van der Waals surface area contributed by atoms with Gasteiger partial charge in [0.2, 0.25) is 5.78 Å². The quantitative estimate of drug-likeness (QED) is 0.679. The third-order valence-electron chi connectivity index (χ3n) is 1.90. The van der Waals surface area contributed by atoms with E-state index in [0.717, 1.165) is 15.6 Å². The maximum atomic E-state index is 11.3. The molecule has 1 aliphatic heterocycles. The molecule has 3 heteroatoms. The Labute approximate surface area is 78.7 Å². The number of halogens is 1. The molecule has 0 aliphatic carbocycles. The third kappa shape index (κ3) is 1.05. The molecule has 0 N–H and O–H groups in total. The van der Waals surface area contributed by atoms with Crippen molar-refractivity contribution in [1.29, 1.82) is 0 Å². The molecule has 0 saturated carbocycles. The second-order valence-corrected chi connectivity index (χ2v) is 3.72. The molecule has 0 spiro atoms. The Bertz CT molecular complexity index is 358. The van der Waals surface area contributed by atoms with Crippen LogP contribution in [-0.2, 0) is 0 Å². The zero-order valence-electron chi connectivity index (χ0n) is 6.56. The summed E-state index contributed by atoms with van der Waals surface area (Å²) in [7, 11) is 0. The van der Waals surface area contributed by atoms with Crippen molar-refractivity contribution in [3.8, 4) is 5.75 Å². The summed E-state index contributed by atoms with van der Waals surface area (Å²) < 4.78 is 6.15. The maximum Gasteiger partial charge on any atom is 0.204 e. The van der Waals surface area contributed by atoms with Crippen molar-refractivity contribution in [2.75, 3.05) is 6.61 Å². The first-order valence-corrected chi connectivity index (χ1v) is 4.44. The SMILES string of the molecule is Cc1cc(Br)cc2c1C(=O)CO2. The van der Waals surface area contributed by atoms with E-state index in [2.05, 4.69) is 15.9 Å². The van der Waals surface area contributed by atoms with Crippen molar-refractivity contribution in [1.82, 2.24) is 0 Å². The number of carbonyl (C=O) groups is 1. The molecule has 1 aliphatic rings. The largest absolute Gasteiger partial charge is 0.485 e. The minimum Gasteiger partial charge on any atom is -0.485 e. The fraction of sp³-hybridized carbons (Fsp3) is 0.222. The van der Waals surface area contributed by atoms with Gasteiger partial charge in [-0.2, -0.15) is 0 Å². The fourth-order valence-corrected chi connectivity index (χ4v) is 1.95. The van der Waals surface area contributed by atoms with Gasteiger partial charge in [-0.25, -0.2) is 0 Å². The number of aryl methyl sites for hydroxylation is 1. The van der Waals surface area contributed by atoms with Crippen LogP contribution >= 0.6 is 15.9 Å². The summed E-state index contributed by atoms with van der Waals surface area (Å²) in [5, 5.41) is 0. The summed E-state index contributed by atoms with van der Waals surface area (Å²) in [6, 6.07) is 3.75. The predicted octanol–water partition coefficient (Wildman–Crippen LogP) is 2.33. The van der Waals surface area contributed by atoms with Crippen LogP contribution in [0.3, 0.4) is 0 Å². The van der Waals surface area contributed by atoms with Gasteiger partial charge >= 0.3 is 0 Å². The molecule has 0 saturated heterocycles. The van der Waals surface area contributed by atoms with Crippen LogP contribution in [-0.4, -0.2) is 12.4 Å². The van der Waals surface area contributed by atoms with Gasteiger partial charge in [0.25, 0.3) is 0 Å². The van der Waals surface area contributed by atoms with E-state index in [1.54, 1.807) is 0 Å². The Hall–Kier alpha value is -0.830. The Morgan fingerprint density at radius 1 is 1.50 bits per heavy atom. The van der Waals surface area contributed by atoms with Crippen LogP contribution in [0.15, 0.2) is 16.6 Å². The first kappa shape index (κ1) is 7.80. The van der Waals surface area contributed by atoms with E-state index in [0.29, 0.717) is 5.75 Å². The predicted molar refractivity (Wildman–Crippen MR) is 48.7 cm³/mol. The Morgan fingerprint density at radius 2 is 2.25 bits per heavy atom. The fourth-order valence-electron chi connectivity index (χ4n) is 1.40. The summed E-state index contributed by atoms with van der Waals surface area (Å²) >= 11 is 3.34. The van der Waals surface area contributed by atoms with Gasteiger partial charge in [0.15, 0.2) is 6.61 Å². The van der Waals surface area contributed by atoms with E-state index in [-0.39, 0.29) is 12.4 Å². The van der Waals surface area contributed by atoms with Gasteiger partial charge in [-0.1, -0.05) is 15.9 Å². The second-order valence-electron chi connectivity index (χ2n) is 2.81. The van der Waals surface area contributed by atoms with E-state index < -0.39 is 0 Å². The van der Waals surface area contributed by atoms with E-state index in [4.69, 9.17) is 4.74 Å². The van der Waals surface area contributed by atoms with Crippen LogP contribution in [0.2, 0.25) is 0 Å². The Balaban J connectivity index is 2.68. The molecule has 62 valence electrons. The topological polar surface area (TPSA) is 26.3 Å². The van der Waals surface area contributed by atoms with Crippen LogP contribution in [0.25, 0.3) is 0 Å². The van der Waals surface area contributed by atoms with Gasteiger partial charge in [0.1, 0.15) is 5.75 Å². The van der Waals surface area contributed by atoms with E-state index >= 15 is 0 Å². The van der Waals surface area contributed by atoms with Crippen molar-refractivity contribution in [3.63, 3.8) is 0 Å². The number of hydrogen-bond donors (Lipinski definition) is 0. The lowest BCUT2D eigenvalue weighted by Gasteiger charge is -2.01. The lowest BCUT2D eigenvalue weighted by molar-refractivity contribution is 0.0961. The van der Waals surface area contributed by atoms with Crippen LogP contribution in [0.5, 0.6) is 5.75 Å². The molecular formula is C9H7BrO2. The highest BCUT2D eigenvalue weighted by molar-refractivity contribution is 9.10. The average molecular weight is 227 g/mol. The molecule has 1 heterocycles. The zero-order valence-corrected chi connectivity index (χ0v) is 8.14. The van der Waals surface area contributed by atoms with E-state index in [1.807, 2.05) is 19.1 Å². The number of carbonyl (C=O) groups excluding carboxylic acids is 1.